The van der Waals surface area contributed by atoms with Crippen molar-refractivity contribution in [3.05, 3.63) is 46.7 Å². The minimum Gasteiger partial charge on any atom is -0.232 e. The van der Waals surface area contributed by atoms with E-state index in [-0.39, 0.29) is 0 Å². The van der Waals surface area contributed by atoms with Gasteiger partial charge in [0.2, 0.25) is 0 Å². The molecule has 1 fully saturated rings. The van der Waals surface area contributed by atoms with Crippen molar-refractivity contribution in [3.8, 4) is 10.4 Å². The summed E-state index contributed by atoms with van der Waals surface area (Å²) >= 11 is 8.10. The van der Waals surface area contributed by atoms with E-state index in [9.17, 15) is 0 Å². The Morgan fingerprint density at radius 1 is 1.15 bits per heavy atom. The van der Waals surface area contributed by atoms with Crippen LogP contribution in [0.15, 0.2) is 35.7 Å². The lowest BCUT2D eigenvalue weighted by atomic mass is 9.85. The van der Waals surface area contributed by atoms with Crippen LogP contribution in [0.3, 0.4) is 0 Å². The summed E-state index contributed by atoms with van der Waals surface area (Å²) in [5.74, 6) is 1.42. The van der Waals surface area contributed by atoms with Gasteiger partial charge in [0.15, 0.2) is 0 Å². The van der Waals surface area contributed by atoms with Gasteiger partial charge < -0.3 is 0 Å². The fourth-order valence-electron chi connectivity index (χ4n) is 2.55. The summed E-state index contributed by atoms with van der Waals surface area (Å²) in [6.07, 6.45) is 3.66. The molecule has 2 aromatic heterocycles. The maximum atomic E-state index is 6.37. The summed E-state index contributed by atoms with van der Waals surface area (Å²) in [5.41, 5.74) is 2.13. The molecule has 0 saturated heterocycles. The zero-order valence-electron chi connectivity index (χ0n) is 10.8. The number of thiophene rings is 1. The van der Waals surface area contributed by atoms with E-state index < -0.39 is 0 Å². The van der Waals surface area contributed by atoms with Gasteiger partial charge in [-0.05, 0) is 42.0 Å². The Labute approximate surface area is 126 Å². The average Bonchev–Trinajstić information content (AvgIpc) is 2.90. The number of rotatable bonds is 2. The first-order valence-electron chi connectivity index (χ1n) is 6.82. The molecule has 0 radical (unpaired) electrons. The largest absolute Gasteiger partial charge is 0.232 e. The van der Waals surface area contributed by atoms with Crippen LogP contribution in [0.4, 0.5) is 0 Å². The number of hydrogen-bond donors (Lipinski definition) is 0. The van der Waals surface area contributed by atoms with Crippen LogP contribution >= 0.6 is 22.9 Å². The maximum Gasteiger partial charge on any atom is 0.140 e. The smallest absolute Gasteiger partial charge is 0.140 e. The Hall–Kier alpha value is -1.45. The van der Waals surface area contributed by atoms with Gasteiger partial charge in [0.05, 0.1) is 5.52 Å². The molecule has 0 amide bonds. The quantitative estimate of drug-likeness (QED) is 0.602. The third-order valence-corrected chi connectivity index (χ3v) is 5.15. The molecular weight excluding hydrogens is 288 g/mol. The van der Waals surface area contributed by atoms with Crippen molar-refractivity contribution in [2.24, 2.45) is 0 Å². The third kappa shape index (κ3) is 2.02. The van der Waals surface area contributed by atoms with Gasteiger partial charge >= 0.3 is 0 Å². The molecule has 4 heteroatoms. The fraction of sp³-hybridized carbons (Fsp3) is 0.250. The van der Waals surface area contributed by atoms with E-state index in [0.717, 1.165) is 16.7 Å². The molecule has 0 spiro atoms. The monoisotopic (exact) mass is 300 g/mol. The van der Waals surface area contributed by atoms with Crippen LogP contribution in [0.1, 0.15) is 31.0 Å². The summed E-state index contributed by atoms with van der Waals surface area (Å²) in [5, 5.41) is 3.60. The second-order valence-corrected chi connectivity index (χ2v) is 6.52. The van der Waals surface area contributed by atoms with Crippen LogP contribution in [0.2, 0.25) is 5.15 Å². The molecule has 1 saturated carbocycles. The molecule has 100 valence electrons. The number of fused-ring (bicyclic) bond motifs is 1. The zero-order chi connectivity index (χ0) is 13.5. The van der Waals surface area contributed by atoms with Gasteiger partial charge in [0.1, 0.15) is 11.0 Å². The van der Waals surface area contributed by atoms with Crippen molar-refractivity contribution in [2.45, 2.75) is 25.2 Å². The Bertz CT molecular complexity index is 763. The molecule has 20 heavy (non-hydrogen) atoms. The maximum absolute atomic E-state index is 6.37. The highest BCUT2D eigenvalue weighted by molar-refractivity contribution is 7.13. The van der Waals surface area contributed by atoms with Crippen LogP contribution in [0, 0.1) is 0 Å². The molecular formula is C16H13ClN2S. The molecule has 0 aliphatic heterocycles. The van der Waals surface area contributed by atoms with Crippen molar-refractivity contribution >= 4 is 33.8 Å². The van der Waals surface area contributed by atoms with E-state index in [2.05, 4.69) is 45.7 Å². The minimum absolute atomic E-state index is 0.508. The van der Waals surface area contributed by atoms with Crippen molar-refractivity contribution in [2.75, 3.05) is 0 Å². The molecule has 1 aliphatic carbocycles. The second kappa shape index (κ2) is 4.83. The van der Waals surface area contributed by atoms with Crippen LogP contribution in [-0.2, 0) is 0 Å². The number of aromatic nitrogens is 2. The lowest BCUT2D eigenvalue weighted by Crippen LogP contribution is -2.12. The number of nitrogens with zero attached hydrogens (tertiary/aromatic N) is 2. The summed E-state index contributed by atoms with van der Waals surface area (Å²) in [7, 11) is 0. The summed E-state index contributed by atoms with van der Waals surface area (Å²) in [6.45, 7) is 0. The lowest BCUT2D eigenvalue weighted by molar-refractivity contribution is 0.402. The molecule has 0 N–H and O–H groups in total. The average molecular weight is 301 g/mol. The first-order chi connectivity index (χ1) is 9.81. The van der Waals surface area contributed by atoms with E-state index in [4.69, 9.17) is 11.6 Å². The van der Waals surface area contributed by atoms with Crippen LogP contribution in [0.5, 0.6) is 0 Å². The van der Waals surface area contributed by atoms with Gasteiger partial charge in [0, 0.05) is 16.2 Å². The molecule has 1 aliphatic rings. The van der Waals surface area contributed by atoms with Gasteiger partial charge in [-0.1, -0.05) is 30.2 Å². The van der Waals surface area contributed by atoms with E-state index >= 15 is 0 Å². The van der Waals surface area contributed by atoms with Gasteiger partial charge in [-0.2, -0.15) is 0 Å². The SMILES string of the molecule is Clc1nc(C2CCC2)nc2ccc(-c3cccs3)cc12. The highest BCUT2D eigenvalue weighted by Crippen LogP contribution is 2.36. The molecule has 4 rings (SSSR count). The molecule has 1 aromatic carbocycles. The third-order valence-electron chi connectivity index (χ3n) is 3.94. The van der Waals surface area contributed by atoms with Crippen molar-refractivity contribution < 1.29 is 0 Å². The predicted octanol–water partition coefficient (Wildman–Crippen LogP) is 5.28. The Morgan fingerprint density at radius 2 is 2.05 bits per heavy atom. The van der Waals surface area contributed by atoms with Crippen LogP contribution < -0.4 is 0 Å². The second-order valence-electron chi connectivity index (χ2n) is 5.21. The summed E-state index contributed by atoms with van der Waals surface area (Å²) in [6, 6.07) is 10.4. The highest BCUT2D eigenvalue weighted by atomic mass is 35.5. The fourth-order valence-corrected chi connectivity index (χ4v) is 3.51. The van der Waals surface area contributed by atoms with Crippen LogP contribution in [0.25, 0.3) is 21.3 Å². The number of halogens is 1. The lowest BCUT2D eigenvalue weighted by Gasteiger charge is -2.24. The Balaban J connectivity index is 1.84. The molecule has 2 heterocycles. The molecule has 3 aromatic rings. The standard InChI is InChI=1S/C16H13ClN2S/c17-15-12-9-11(14-5-2-8-20-14)6-7-13(12)18-16(19-15)10-3-1-4-10/h2,5-10H,1,3-4H2. The zero-order valence-corrected chi connectivity index (χ0v) is 12.4. The first-order valence-corrected chi connectivity index (χ1v) is 8.08. The van der Waals surface area contributed by atoms with Gasteiger partial charge in [0.25, 0.3) is 0 Å². The van der Waals surface area contributed by atoms with Gasteiger partial charge in [-0.3, -0.25) is 0 Å². The van der Waals surface area contributed by atoms with E-state index in [0.29, 0.717) is 11.1 Å². The van der Waals surface area contributed by atoms with Crippen molar-refractivity contribution in [1.82, 2.24) is 9.97 Å². The van der Waals surface area contributed by atoms with E-state index in [1.54, 1.807) is 11.3 Å². The molecule has 0 bridgehead atoms. The van der Waals surface area contributed by atoms with Crippen LogP contribution in [-0.4, -0.2) is 9.97 Å². The van der Waals surface area contributed by atoms with Gasteiger partial charge in [-0.15, -0.1) is 11.3 Å². The summed E-state index contributed by atoms with van der Waals surface area (Å²) < 4.78 is 0. The number of hydrogen-bond acceptors (Lipinski definition) is 3. The molecule has 2 nitrogen and oxygen atoms in total. The van der Waals surface area contributed by atoms with Gasteiger partial charge in [-0.25, -0.2) is 9.97 Å². The predicted molar refractivity (Wildman–Crippen MR) is 84.5 cm³/mol. The number of benzene rings is 1. The summed E-state index contributed by atoms with van der Waals surface area (Å²) in [4.78, 5) is 10.4. The highest BCUT2D eigenvalue weighted by Gasteiger charge is 2.23. The molecule has 0 unspecified atom stereocenters. The molecule has 0 atom stereocenters. The van der Waals surface area contributed by atoms with E-state index in [1.807, 2.05) is 0 Å². The Morgan fingerprint density at radius 3 is 2.75 bits per heavy atom. The van der Waals surface area contributed by atoms with Crippen molar-refractivity contribution in [1.29, 1.82) is 0 Å². The topological polar surface area (TPSA) is 25.8 Å². The normalized spacial score (nSPS) is 15.4. The Kier molecular flexibility index (Phi) is 2.97. The first kappa shape index (κ1) is 12.3. The van der Waals surface area contributed by atoms with Crippen molar-refractivity contribution in [3.63, 3.8) is 0 Å². The van der Waals surface area contributed by atoms with E-state index in [1.165, 1.54) is 29.7 Å². The minimum atomic E-state index is 0.508.